The molecule has 0 radical (unpaired) electrons. The molecule has 1 heterocycles. The fraction of sp³-hybridized carbons (Fsp3) is 0.611. The Hall–Kier alpha value is -1.42. The van der Waals surface area contributed by atoms with Gasteiger partial charge in [0.05, 0.1) is 11.0 Å². The number of hydrogen-bond donors (Lipinski definition) is 1. The summed E-state index contributed by atoms with van der Waals surface area (Å²) in [5.74, 6) is -0.284. The van der Waals surface area contributed by atoms with Crippen LogP contribution in [0, 0.1) is 12.7 Å². The maximum Gasteiger partial charge on any atom is 0.230 e. The monoisotopic (exact) mass is 304 g/mol. The molecule has 1 aromatic carbocycles. The van der Waals surface area contributed by atoms with Gasteiger partial charge in [-0.05, 0) is 76.4 Å². The Morgan fingerprint density at radius 3 is 2.50 bits per heavy atom. The van der Waals surface area contributed by atoms with E-state index in [0.717, 1.165) is 43.6 Å². The Kier molecular flexibility index (Phi) is 3.76. The molecule has 2 fully saturated rings. The van der Waals surface area contributed by atoms with Crippen molar-refractivity contribution in [3.05, 3.63) is 35.1 Å². The van der Waals surface area contributed by atoms with E-state index < -0.39 is 5.41 Å². The number of carbonyl (C=O) groups excluding carboxylic acids is 1. The third-order valence-electron chi connectivity index (χ3n) is 5.04. The van der Waals surface area contributed by atoms with Crippen LogP contribution in [0.1, 0.15) is 44.2 Å². The predicted octanol–water partition coefficient (Wildman–Crippen LogP) is 2.77. The molecule has 22 heavy (non-hydrogen) atoms. The molecule has 1 saturated carbocycles. The third kappa shape index (κ3) is 3.02. The quantitative estimate of drug-likeness (QED) is 0.907. The number of aryl methyl sites for hydroxylation is 1. The van der Waals surface area contributed by atoms with Crippen molar-refractivity contribution in [2.75, 3.05) is 19.6 Å². The minimum atomic E-state index is -0.725. The van der Waals surface area contributed by atoms with Crippen LogP contribution in [0.25, 0.3) is 0 Å². The molecular formula is C18H25FN2O. The number of amides is 1. The zero-order valence-electron chi connectivity index (χ0n) is 13.7. The molecular weight excluding hydrogens is 279 g/mol. The summed E-state index contributed by atoms with van der Waals surface area (Å²) in [4.78, 5) is 15.2. The summed E-state index contributed by atoms with van der Waals surface area (Å²) in [5.41, 5.74) is 0.814. The van der Waals surface area contributed by atoms with Gasteiger partial charge in [-0.25, -0.2) is 4.39 Å². The van der Waals surface area contributed by atoms with Gasteiger partial charge in [-0.2, -0.15) is 0 Å². The van der Waals surface area contributed by atoms with E-state index in [9.17, 15) is 9.18 Å². The van der Waals surface area contributed by atoms with E-state index in [2.05, 4.69) is 10.2 Å². The first-order chi connectivity index (χ1) is 10.3. The van der Waals surface area contributed by atoms with Crippen LogP contribution in [0.15, 0.2) is 18.2 Å². The van der Waals surface area contributed by atoms with Crippen LogP contribution in [-0.4, -0.2) is 36.0 Å². The Morgan fingerprint density at radius 1 is 1.32 bits per heavy atom. The zero-order valence-corrected chi connectivity index (χ0v) is 13.7. The van der Waals surface area contributed by atoms with Crippen LogP contribution in [0.2, 0.25) is 0 Å². The lowest BCUT2D eigenvalue weighted by molar-refractivity contribution is -0.126. The number of rotatable bonds is 5. The SMILES string of the molecule is Cc1cc(F)cc(C(C)(C)C(=O)NC2(CN3CCC3)CC2)c1. The number of nitrogens with zero attached hydrogens (tertiary/aromatic N) is 1. The summed E-state index contributed by atoms with van der Waals surface area (Å²) in [5, 5.41) is 3.24. The number of halogens is 1. The lowest BCUT2D eigenvalue weighted by Crippen LogP contribution is -2.53. The summed E-state index contributed by atoms with van der Waals surface area (Å²) in [6.45, 7) is 8.84. The van der Waals surface area contributed by atoms with Crippen LogP contribution in [0.3, 0.4) is 0 Å². The van der Waals surface area contributed by atoms with Crippen LogP contribution in [0.4, 0.5) is 4.39 Å². The van der Waals surface area contributed by atoms with Crippen molar-refractivity contribution < 1.29 is 9.18 Å². The molecule has 3 rings (SSSR count). The molecule has 2 aliphatic rings. The maximum absolute atomic E-state index is 13.7. The van der Waals surface area contributed by atoms with Gasteiger partial charge in [0.25, 0.3) is 0 Å². The molecule has 1 aliphatic carbocycles. The van der Waals surface area contributed by atoms with Gasteiger partial charge in [0, 0.05) is 6.54 Å². The number of hydrogen-bond acceptors (Lipinski definition) is 2. The van der Waals surface area contributed by atoms with E-state index >= 15 is 0 Å². The van der Waals surface area contributed by atoms with E-state index in [4.69, 9.17) is 0 Å². The Labute approximate surface area is 131 Å². The third-order valence-corrected chi connectivity index (χ3v) is 5.04. The molecule has 120 valence electrons. The van der Waals surface area contributed by atoms with E-state index in [1.807, 2.05) is 26.8 Å². The molecule has 1 aliphatic heterocycles. The highest BCUT2D eigenvalue weighted by molar-refractivity contribution is 5.88. The fourth-order valence-corrected chi connectivity index (χ4v) is 3.07. The molecule has 0 aromatic heterocycles. The van der Waals surface area contributed by atoms with E-state index in [-0.39, 0.29) is 17.3 Å². The summed E-state index contributed by atoms with van der Waals surface area (Å²) >= 11 is 0. The minimum absolute atomic E-state index is 0.00414. The second-order valence-electron chi connectivity index (χ2n) is 7.51. The van der Waals surface area contributed by atoms with Crippen molar-refractivity contribution >= 4 is 5.91 Å². The highest BCUT2D eigenvalue weighted by Gasteiger charge is 2.48. The number of likely N-dealkylation sites (tertiary alicyclic amines) is 1. The zero-order chi connectivity index (χ0) is 16.0. The fourth-order valence-electron chi connectivity index (χ4n) is 3.07. The van der Waals surface area contributed by atoms with Gasteiger partial charge >= 0.3 is 0 Å². The van der Waals surface area contributed by atoms with Crippen molar-refractivity contribution in [3.8, 4) is 0 Å². The summed E-state index contributed by atoms with van der Waals surface area (Å²) in [7, 11) is 0. The van der Waals surface area contributed by atoms with E-state index in [1.165, 1.54) is 18.6 Å². The van der Waals surface area contributed by atoms with Crippen LogP contribution in [-0.2, 0) is 10.2 Å². The molecule has 0 unspecified atom stereocenters. The van der Waals surface area contributed by atoms with Crippen molar-refractivity contribution in [1.82, 2.24) is 10.2 Å². The molecule has 4 heteroatoms. The highest BCUT2D eigenvalue weighted by atomic mass is 19.1. The minimum Gasteiger partial charge on any atom is -0.349 e. The number of benzene rings is 1. The standard InChI is InChI=1S/C18H25FN2O/c1-13-9-14(11-15(19)10-13)17(2,3)16(22)20-18(5-6-18)12-21-7-4-8-21/h9-11H,4-8,12H2,1-3H3,(H,20,22). The van der Waals surface area contributed by atoms with Crippen molar-refractivity contribution in [1.29, 1.82) is 0 Å². The van der Waals surface area contributed by atoms with Crippen molar-refractivity contribution in [2.24, 2.45) is 0 Å². The first-order valence-corrected chi connectivity index (χ1v) is 8.13. The molecule has 0 atom stereocenters. The van der Waals surface area contributed by atoms with Gasteiger partial charge in [0.15, 0.2) is 0 Å². The largest absolute Gasteiger partial charge is 0.349 e. The topological polar surface area (TPSA) is 32.3 Å². The second-order valence-corrected chi connectivity index (χ2v) is 7.51. The van der Waals surface area contributed by atoms with Gasteiger partial charge in [0.2, 0.25) is 5.91 Å². The molecule has 1 saturated heterocycles. The van der Waals surface area contributed by atoms with E-state index in [0.29, 0.717) is 0 Å². The van der Waals surface area contributed by atoms with Crippen molar-refractivity contribution in [3.63, 3.8) is 0 Å². The van der Waals surface area contributed by atoms with Crippen LogP contribution in [0.5, 0.6) is 0 Å². The van der Waals surface area contributed by atoms with Crippen LogP contribution >= 0.6 is 0 Å². The summed E-state index contributed by atoms with van der Waals surface area (Å²) in [6.07, 6.45) is 3.36. The molecule has 0 spiro atoms. The van der Waals surface area contributed by atoms with Gasteiger partial charge in [-0.3, -0.25) is 4.79 Å². The highest BCUT2D eigenvalue weighted by Crippen LogP contribution is 2.38. The predicted molar refractivity (Wildman–Crippen MR) is 85.3 cm³/mol. The van der Waals surface area contributed by atoms with Crippen molar-refractivity contribution in [2.45, 2.75) is 51.0 Å². The average Bonchev–Trinajstić information content (AvgIpc) is 3.13. The Morgan fingerprint density at radius 2 is 2.00 bits per heavy atom. The van der Waals surface area contributed by atoms with E-state index in [1.54, 1.807) is 0 Å². The summed E-state index contributed by atoms with van der Waals surface area (Å²) in [6, 6.07) is 4.86. The van der Waals surface area contributed by atoms with Crippen LogP contribution < -0.4 is 5.32 Å². The maximum atomic E-state index is 13.7. The van der Waals surface area contributed by atoms with Gasteiger partial charge < -0.3 is 10.2 Å². The lowest BCUT2D eigenvalue weighted by atomic mass is 9.82. The molecule has 1 amide bonds. The normalized spacial score (nSPS) is 20.4. The molecule has 1 N–H and O–H groups in total. The molecule has 1 aromatic rings. The second kappa shape index (κ2) is 5.34. The average molecular weight is 304 g/mol. The Balaban J connectivity index is 1.72. The first-order valence-electron chi connectivity index (χ1n) is 8.13. The molecule has 0 bridgehead atoms. The van der Waals surface area contributed by atoms with Gasteiger partial charge in [-0.1, -0.05) is 6.07 Å². The number of carbonyl (C=O) groups is 1. The number of nitrogens with one attached hydrogen (secondary N) is 1. The van der Waals surface area contributed by atoms with Gasteiger partial charge in [0.1, 0.15) is 5.82 Å². The first kappa shape index (κ1) is 15.5. The lowest BCUT2D eigenvalue weighted by Gasteiger charge is -2.36. The summed E-state index contributed by atoms with van der Waals surface area (Å²) < 4.78 is 13.7. The molecule has 3 nitrogen and oxygen atoms in total. The van der Waals surface area contributed by atoms with Gasteiger partial charge in [-0.15, -0.1) is 0 Å². The Bertz CT molecular complexity index is 568. The smallest absolute Gasteiger partial charge is 0.230 e.